The van der Waals surface area contributed by atoms with Gasteiger partial charge in [0.2, 0.25) is 5.91 Å². The van der Waals surface area contributed by atoms with E-state index in [9.17, 15) is 9.59 Å². The maximum absolute atomic E-state index is 12.5. The number of nitrogens with zero attached hydrogens (tertiary/aromatic N) is 3. The van der Waals surface area contributed by atoms with Crippen LogP contribution in [0, 0.1) is 13.8 Å². The van der Waals surface area contributed by atoms with Crippen molar-refractivity contribution < 1.29 is 4.79 Å². The lowest BCUT2D eigenvalue weighted by atomic mass is 10.2. The molecule has 0 aromatic carbocycles. The molecule has 6 nitrogen and oxygen atoms in total. The highest BCUT2D eigenvalue weighted by Gasteiger charge is 2.12. The molecule has 0 radical (unpaired) electrons. The van der Waals surface area contributed by atoms with Crippen LogP contribution in [0.15, 0.2) is 35.6 Å². The minimum Gasteiger partial charge on any atom is -0.325 e. The van der Waals surface area contributed by atoms with Gasteiger partial charge in [-0.1, -0.05) is 0 Å². The number of fused-ring (bicyclic) bond motifs is 1. The predicted octanol–water partition coefficient (Wildman–Crippen LogP) is 2.50. The van der Waals surface area contributed by atoms with Crippen molar-refractivity contribution in [2.75, 3.05) is 5.32 Å². The Kier molecular flexibility index (Phi) is 4.20. The molecule has 3 rings (SSSR count). The molecule has 1 amide bonds. The number of rotatable bonds is 4. The van der Waals surface area contributed by atoms with Gasteiger partial charge in [0.05, 0.1) is 23.6 Å². The van der Waals surface area contributed by atoms with Crippen molar-refractivity contribution in [2.45, 2.75) is 26.8 Å². The van der Waals surface area contributed by atoms with Crippen molar-refractivity contribution in [3.8, 4) is 0 Å². The van der Waals surface area contributed by atoms with Crippen molar-refractivity contribution in [2.24, 2.45) is 0 Å². The van der Waals surface area contributed by atoms with E-state index in [1.54, 1.807) is 24.5 Å². The lowest BCUT2D eigenvalue weighted by molar-refractivity contribution is -0.116. The van der Waals surface area contributed by atoms with E-state index >= 15 is 0 Å². The van der Waals surface area contributed by atoms with Gasteiger partial charge < -0.3 is 5.32 Å². The minimum atomic E-state index is -0.164. The standard InChI is InChI=1S/C16H16N4O2S/c1-10-11(2)23-15-14(10)16(22)20(9-18-15)7-5-13(21)19-12-4-3-6-17-8-12/h3-4,6,8-9H,5,7H2,1-2H3,(H,19,21). The lowest BCUT2D eigenvalue weighted by Crippen LogP contribution is -2.23. The summed E-state index contributed by atoms with van der Waals surface area (Å²) in [5, 5.41) is 3.40. The van der Waals surface area contributed by atoms with Gasteiger partial charge in [0.1, 0.15) is 4.83 Å². The second kappa shape index (κ2) is 6.29. The summed E-state index contributed by atoms with van der Waals surface area (Å²) in [5.41, 5.74) is 1.52. The van der Waals surface area contributed by atoms with Crippen LogP contribution in [0.1, 0.15) is 16.9 Å². The first-order valence-corrected chi connectivity index (χ1v) is 8.03. The van der Waals surface area contributed by atoms with E-state index in [2.05, 4.69) is 15.3 Å². The molecular formula is C16H16N4O2S. The normalized spacial score (nSPS) is 10.9. The SMILES string of the molecule is Cc1sc2ncn(CCC(=O)Nc3cccnc3)c(=O)c2c1C. The van der Waals surface area contributed by atoms with Crippen LogP contribution in [0.4, 0.5) is 5.69 Å². The highest BCUT2D eigenvalue weighted by atomic mass is 32.1. The van der Waals surface area contributed by atoms with Gasteiger partial charge in [0.15, 0.2) is 0 Å². The number of nitrogens with one attached hydrogen (secondary N) is 1. The number of aromatic nitrogens is 3. The quantitative estimate of drug-likeness (QED) is 0.798. The van der Waals surface area contributed by atoms with Gasteiger partial charge in [-0.05, 0) is 31.5 Å². The van der Waals surface area contributed by atoms with Crippen LogP contribution in [-0.2, 0) is 11.3 Å². The number of aryl methyl sites for hydroxylation is 3. The van der Waals surface area contributed by atoms with Crippen LogP contribution in [0.5, 0.6) is 0 Å². The van der Waals surface area contributed by atoms with Crippen molar-refractivity contribution in [3.63, 3.8) is 0 Å². The van der Waals surface area contributed by atoms with E-state index in [4.69, 9.17) is 0 Å². The smallest absolute Gasteiger partial charge is 0.262 e. The molecule has 1 N–H and O–H groups in total. The van der Waals surface area contributed by atoms with Crippen LogP contribution >= 0.6 is 11.3 Å². The average molecular weight is 328 g/mol. The molecule has 0 spiro atoms. The lowest BCUT2D eigenvalue weighted by Gasteiger charge is -2.06. The van der Waals surface area contributed by atoms with E-state index in [-0.39, 0.29) is 17.9 Å². The Morgan fingerprint density at radius 3 is 2.96 bits per heavy atom. The zero-order chi connectivity index (χ0) is 16.4. The third-order valence-corrected chi connectivity index (χ3v) is 4.80. The summed E-state index contributed by atoms with van der Waals surface area (Å²) in [6, 6.07) is 3.52. The maximum Gasteiger partial charge on any atom is 0.262 e. The number of pyridine rings is 1. The second-order valence-electron chi connectivity index (χ2n) is 5.25. The third kappa shape index (κ3) is 3.14. The topological polar surface area (TPSA) is 76.9 Å². The molecule has 3 aromatic heterocycles. The number of carbonyl (C=O) groups is 1. The average Bonchev–Trinajstić information content (AvgIpc) is 2.83. The summed E-state index contributed by atoms with van der Waals surface area (Å²) < 4.78 is 1.49. The van der Waals surface area contributed by atoms with Gasteiger partial charge >= 0.3 is 0 Å². The summed E-state index contributed by atoms with van der Waals surface area (Å²) >= 11 is 1.52. The highest BCUT2D eigenvalue weighted by Crippen LogP contribution is 2.25. The first-order chi connectivity index (χ1) is 11.1. The Bertz CT molecular complexity index is 915. The molecule has 118 valence electrons. The summed E-state index contributed by atoms with van der Waals surface area (Å²) in [4.78, 5) is 34.6. The fourth-order valence-electron chi connectivity index (χ4n) is 2.31. The zero-order valence-corrected chi connectivity index (χ0v) is 13.7. The van der Waals surface area contributed by atoms with Gasteiger partial charge in [0, 0.05) is 24.0 Å². The van der Waals surface area contributed by atoms with Crippen LogP contribution in [-0.4, -0.2) is 20.4 Å². The molecule has 0 bridgehead atoms. The summed E-state index contributed by atoms with van der Waals surface area (Å²) in [5.74, 6) is -0.164. The Morgan fingerprint density at radius 2 is 2.22 bits per heavy atom. The third-order valence-electron chi connectivity index (χ3n) is 3.68. The Morgan fingerprint density at radius 1 is 1.39 bits per heavy atom. The van der Waals surface area contributed by atoms with E-state index in [1.807, 2.05) is 13.8 Å². The molecule has 0 unspecified atom stereocenters. The molecule has 3 aromatic rings. The molecule has 3 heterocycles. The summed E-state index contributed by atoms with van der Waals surface area (Å²) in [6.07, 6.45) is 4.93. The molecule has 23 heavy (non-hydrogen) atoms. The first-order valence-electron chi connectivity index (χ1n) is 7.21. The molecule has 7 heteroatoms. The second-order valence-corrected chi connectivity index (χ2v) is 6.45. The van der Waals surface area contributed by atoms with Crippen LogP contribution in [0.25, 0.3) is 10.2 Å². The Balaban J connectivity index is 1.75. The summed E-state index contributed by atoms with van der Waals surface area (Å²) in [7, 11) is 0. The van der Waals surface area contributed by atoms with E-state index in [1.165, 1.54) is 22.2 Å². The van der Waals surface area contributed by atoms with E-state index in [0.29, 0.717) is 17.6 Å². The van der Waals surface area contributed by atoms with E-state index in [0.717, 1.165) is 15.3 Å². The summed E-state index contributed by atoms with van der Waals surface area (Å²) in [6.45, 7) is 4.20. The van der Waals surface area contributed by atoms with Gasteiger partial charge in [0.25, 0.3) is 5.56 Å². The van der Waals surface area contributed by atoms with Crippen LogP contribution in [0.3, 0.4) is 0 Å². The Hall–Kier alpha value is -2.54. The van der Waals surface area contributed by atoms with Crippen molar-refractivity contribution >= 4 is 33.1 Å². The fourth-order valence-corrected chi connectivity index (χ4v) is 3.30. The molecular weight excluding hydrogens is 312 g/mol. The highest BCUT2D eigenvalue weighted by molar-refractivity contribution is 7.18. The molecule has 0 aliphatic heterocycles. The van der Waals surface area contributed by atoms with Crippen molar-refractivity contribution in [1.29, 1.82) is 0 Å². The van der Waals surface area contributed by atoms with Gasteiger partial charge in [-0.2, -0.15) is 0 Å². The number of thiophene rings is 1. The zero-order valence-electron chi connectivity index (χ0n) is 12.9. The van der Waals surface area contributed by atoms with Gasteiger partial charge in [-0.3, -0.25) is 19.1 Å². The molecule has 0 fully saturated rings. The molecule has 0 aliphatic rings. The largest absolute Gasteiger partial charge is 0.325 e. The minimum absolute atomic E-state index is 0.0916. The maximum atomic E-state index is 12.5. The number of amides is 1. The monoisotopic (exact) mass is 328 g/mol. The van der Waals surface area contributed by atoms with Gasteiger partial charge in [-0.15, -0.1) is 11.3 Å². The van der Waals surface area contributed by atoms with Crippen molar-refractivity contribution in [3.05, 3.63) is 51.6 Å². The molecule has 0 saturated carbocycles. The van der Waals surface area contributed by atoms with E-state index < -0.39 is 0 Å². The number of anilines is 1. The van der Waals surface area contributed by atoms with Crippen LogP contribution in [0.2, 0.25) is 0 Å². The van der Waals surface area contributed by atoms with Gasteiger partial charge in [-0.25, -0.2) is 4.98 Å². The number of carbonyl (C=O) groups excluding carboxylic acids is 1. The molecule has 0 saturated heterocycles. The fraction of sp³-hybridized carbons (Fsp3) is 0.250. The molecule has 0 atom stereocenters. The molecule has 0 aliphatic carbocycles. The Labute approximate surface area is 136 Å². The first kappa shape index (κ1) is 15.4. The number of hydrogen-bond acceptors (Lipinski definition) is 5. The van der Waals surface area contributed by atoms with Crippen molar-refractivity contribution in [1.82, 2.24) is 14.5 Å². The number of hydrogen-bond donors (Lipinski definition) is 1. The predicted molar refractivity (Wildman–Crippen MR) is 90.8 cm³/mol. The van der Waals surface area contributed by atoms with Crippen LogP contribution < -0.4 is 10.9 Å².